The Morgan fingerprint density at radius 2 is 2.13 bits per heavy atom. The van der Waals surface area contributed by atoms with E-state index in [9.17, 15) is 4.79 Å². The largest absolute Gasteiger partial charge is 0.344 e. The lowest BCUT2D eigenvalue weighted by Gasteiger charge is -2.28. The van der Waals surface area contributed by atoms with E-state index in [-0.39, 0.29) is 11.9 Å². The van der Waals surface area contributed by atoms with Crippen molar-refractivity contribution in [3.63, 3.8) is 0 Å². The van der Waals surface area contributed by atoms with Gasteiger partial charge < -0.3 is 15.2 Å². The average Bonchev–Trinajstić information content (AvgIpc) is 3.50. The van der Waals surface area contributed by atoms with Crippen LogP contribution in [0.3, 0.4) is 0 Å². The van der Waals surface area contributed by atoms with Crippen LogP contribution in [0.25, 0.3) is 0 Å². The highest BCUT2D eigenvalue weighted by atomic mass is 32.2. The van der Waals surface area contributed by atoms with Crippen LogP contribution in [-0.2, 0) is 13.0 Å². The second-order valence-electron chi connectivity index (χ2n) is 7.48. The van der Waals surface area contributed by atoms with E-state index >= 15 is 0 Å². The lowest BCUT2D eigenvalue weighted by atomic mass is 10.1. The molecule has 0 bridgehead atoms. The second-order valence-corrected chi connectivity index (χ2v) is 8.28. The number of carbonyl (C=O) groups is 1. The van der Waals surface area contributed by atoms with E-state index in [1.165, 1.54) is 11.8 Å². The van der Waals surface area contributed by atoms with E-state index in [1.807, 2.05) is 47.6 Å². The number of rotatable bonds is 7. The molecule has 1 fully saturated rings. The van der Waals surface area contributed by atoms with Crippen LogP contribution < -0.4 is 5.32 Å². The molecule has 0 saturated carbocycles. The Kier molecular flexibility index (Phi) is 6.65. The van der Waals surface area contributed by atoms with Crippen molar-refractivity contribution in [2.24, 2.45) is 0 Å². The van der Waals surface area contributed by atoms with E-state index in [0.29, 0.717) is 24.1 Å². The van der Waals surface area contributed by atoms with Crippen molar-refractivity contribution in [1.82, 2.24) is 25.2 Å². The zero-order chi connectivity index (χ0) is 21.6. The van der Waals surface area contributed by atoms with Crippen molar-refractivity contribution in [3.05, 3.63) is 77.0 Å². The van der Waals surface area contributed by atoms with Gasteiger partial charge in [-0.1, -0.05) is 12.1 Å². The molecule has 1 amide bonds. The van der Waals surface area contributed by atoms with E-state index in [1.54, 1.807) is 12.4 Å². The summed E-state index contributed by atoms with van der Waals surface area (Å²) in [6.45, 7) is 2.16. The van der Waals surface area contributed by atoms with Gasteiger partial charge in [0.15, 0.2) is 0 Å². The molecule has 2 aromatic heterocycles. The number of aromatic amines is 1. The lowest BCUT2D eigenvalue weighted by Crippen LogP contribution is -2.41. The maximum atomic E-state index is 13.5. The zero-order valence-electron chi connectivity index (χ0n) is 17.3. The molecule has 1 saturated heterocycles. The Morgan fingerprint density at radius 3 is 2.84 bits per heavy atom. The first kappa shape index (κ1) is 21.1. The van der Waals surface area contributed by atoms with Crippen LogP contribution in [0.4, 0.5) is 0 Å². The molecule has 3 aromatic rings. The van der Waals surface area contributed by atoms with Gasteiger partial charge in [-0.3, -0.25) is 4.79 Å². The summed E-state index contributed by atoms with van der Waals surface area (Å²) < 4.78 is 0. The summed E-state index contributed by atoms with van der Waals surface area (Å²) in [5.74, 6) is 0.831. The maximum absolute atomic E-state index is 13.5. The van der Waals surface area contributed by atoms with Crippen LogP contribution in [0.5, 0.6) is 0 Å². The molecular formula is C23H24N6OS. The van der Waals surface area contributed by atoms with Gasteiger partial charge in [-0.25, -0.2) is 9.97 Å². The molecule has 1 unspecified atom stereocenters. The van der Waals surface area contributed by atoms with Crippen molar-refractivity contribution in [3.8, 4) is 6.07 Å². The number of imidazole rings is 1. The van der Waals surface area contributed by atoms with Crippen molar-refractivity contribution < 1.29 is 4.79 Å². The van der Waals surface area contributed by atoms with E-state index in [2.05, 4.69) is 26.3 Å². The minimum Gasteiger partial charge on any atom is -0.344 e. The number of amides is 1. The van der Waals surface area contributed by atoms with Crippen molar-refractivity contribution in [2.45, 2.75) is 30.5 Å². The molecule has 1 aromatic carbocycles. The second kappa shape index (κ2) is 9.77. The summed E-state index contributed by atoms with van der Waals surface area (Å²) in [6.07, 6.45) is 7.02. The Morgan fingerprint density at radius 1 is 1.29 bits per heavy atom. The fraction of sp³-hybridized carbons (Fsp3) is 0.304. The van der Waals surface area contributed by atoms with Crippen molar-refractivity contribution >= 4 is 17.7 Å². The third kappa shape index (κ3) is 4.95. The highest BCUT2D eigenvalue weighted by Crippen LogP contribution is 2.22. The monoisotopic (exact) mass is 432 g/mol. The van der Waals surface area contributed by atoms with Gasteiger partial charge in [-0.05, 0) is 49.1 Å². The first-order valence-electron chi connectivity index (χ1n) is 10.2. The molecule has 0 radical (unpaired) electrons. The number of hydrogen-bond donors (Lipinski definition) is 2. The summed E-state index contributed by atoms with van der Waals surface area (Å²) in [5, 5.41) is 13.0. The number of nitrogens with zero attached hydrogens (tertiary/aromatic N) is 4. The van der Waals surface area contributed by atoms with Gasteiger partial charge in [0.25, 0.3) is 5.91 Å². The number of thioether (sulfide) groups is 1. The Balaban J connectivity index is 1.52. The topological polar surface area (TPSA) is 97.7 Å². The van der Waals surface area contributed by atoms with Crippen LogP contribution in [-0.4, -0.2) is 51.1 Å². The van der Waals surface area contributed by atoms with Gasteiger partial charge in [-0.2, -0.15) is 5.26 Å². The van der Waals surface area contributed by atoms with Gasteiger partial charge in [0.2, 0.25) is 0 Å². The van der Waals surface area contributed by atoms with Crippen LogP contribution >= 0.6 is 11.8 Å². The normalized spacial score (nSPS) is 15.5. The molecule has 0 aliphatic carbocycles. The summed E-state index contributed by atoms with van der Waals surface area (Å²) in [4.78, 5) is 27.6. The SMILES string of the molecule is CSc1ncccc1C(=O)N(Cc1cnc(Cc2ccc(C#N)cc2)[nH]1)C1CCNC1. The van der Waals surface area contributed by atoms with E-state index in [4.69, 9.17) is 5.26 Å². The minimum absolute atomic E-state index is 0.00519. The Labute approximate surface area is 185 Å². The van der Waals surface area contributed by atoms with Gasteiger partial charge in [0.1, 0.15) is 10.9 Å². The molecular weight excluding hydrogens is 408 g/mol. The summed E-state index contributed by atoms with van der Waals surface area (Å²) in [7, 11) is 0. The number of nitriles is 1. The predicted molar refractivity (Wildman–Crippen MR) is 120 cm³/mol. The first-order valence-corrected chi connectivity index (χ1v) is 11.4. The van der Waals surface area contributed by atoms with Gasteiger partial charge in [0.05, 0.1) is 35.6 Å². The summed E-state index contributed by atoms with van der Waals surface area (Å²) >= 11 is 1.48. The van der Waals surface area contributed by atoms with Crippen LogP contribution in [0.2, 0.25) is 0 Å². The summed E-state index contributed by atoms with van der Waals surface area (Å²) in [5.41, 5.74) is 3.26. The molecule has 31 heavy (non-hydrogen) atoms. The molecule has 1 aliphatic rings. The van der Waals surface area contributed by atoms with Crippen LogP contribution in [0.1, 0.15) is 39.4 Å². The number of nitrogens with one attached hydrogen (secondary N) is 2. The quantitative estimate of drug-likeness (QED) is 0.557. The van der Waals surface area contributed by atoms with Crippen LogP contribution in [0.15, 0.2) is 53.8 Å². The van der Waals surface area contributed by atoms with Crippen LogP contribution in [0, 0.1) is 11.3 Å². The highest BCUT2D eigenvalue weighted by Gasteiger charge is 2.29. The zero-order valence-corrected chi connectivity index (χ0v) is 18.2. The molecule has 8 heteroatoms. The van der Waals surface area contributed by atoms with Crippen molar-refractivity contribution in [2.75, 3.05) is 19.3 Å². The maximum Gasteiger partial charge on any atom is 0.257 e. The van der Waals surface area contributed by atoms with Gasteiger partial charge >= 0.3 is 0 Å². The molecule has 1 atom stereocenters. The Bertz CT molecular complexity index is 1080. The highest BCUT2D eigenvalue weighted by molar-refractivity contribution is 7.98. The molecule has 4 rings (SSSR count). The number of hydrogen-bond acceptors (Lipinski definition) is 6. The number of carbonyl (C=O) groups excluding carboxylic acids is 1. The molecule has 2 N–H and O–H groups in total. The Hall–Kier alpha value is -3.15. The minimum atomic E-state index is -0.00519. The number of H-pyrrole nitrogens is 1. The predicted octanol–water partition coefficient (Wildman–Crippen LogP) is 2.99. The number of pyridine rings is 1. The average molecular weight is 433 g/mol. The first-order chi connectivity index (χ1) is 15.2. The number of benzene rings is 1. The molecule has 0 spiro atoms. The fourth-order valence-corrected chi connectivity index (χ4v) is 4.33. The molecule has 7 nitrogen and oxygen atoms in total. The molecule has 1 aliphatic heterocycles. The smallest absolute Gasteiger partial charge is 0.257 e. The fourth-order valence-electron chi connectivity index (χ4n) is 3.79. The van der Waals surface area contributed by atoms with Crippen molar-refractivity contribution in [1.29, 1.82) is 5.26 Å². The molecule has 158 valence electrons. The van der Waals surface area contributed by atoms with Gasteiger partial charge in [-0.15, -0.1) is 11.8 Å². The standard InChI is InChI=1S/C23H24N6OS/c1-31-22-20(3-2-9-26-22)23(30)29(19-8-10-25-14-19)15-18-13-27-21(28-18)11-16-4-6-17(12-24)7-5-16/h2-7,9,13,19,25H,8,10-11,14-15H2,1H3,(H,27,28). The lowest BCUT2D eigenvalue weighted by molar-refractivity contribution is 0.0669. The third-order valence-corrected chi connectivity index (χ3v) is 6.12. The third-order valence-electron chi connectivity index (χ3n) is 5.41. The van der Waals surface area contributed by atoms with E-state index < -0.39 is 0 Å². The number of aromatic nitrogens is 3. The van der Waals surface area contributed by atoms with E-state index in [0.717, 1.165) is 41.6 Å². The van der Waals surface area contributed by atoms with Gasteiger partial charge in [0, 0.05) is 25.2 Å². The summed E-state index contributed by atoms with van der Waals surface area (Å²) in [6, 6.07) is 13.4. The molecule has 3 heterocycles.